The maximum absolute atomic E-state index is 12.1. The predicted octanol–water partition coefficient (Wildman–Crippen LogP) is 4.47. The summed E-state index contributed by atoms with van der Waals surface area (Å²) in [5.74, 6) is -0.265. The topological polar surface area (TPSA) is 31.2 Å². The lowest BCUT2D eigenvalue weighted by Crippen LogP contribution is -2.06. The third-order valence-electron chi connectivity index (χ3n) is 3.14. The van der Waals surface area contributed by atoms with Gasteiger partial charge in [0.2, 0.25) is 0 Å². The summed E-state index contributed by atoms with van der Waals surface area (Å²) in [6.45, 7) is 8.49. The molecule has 0 saturated heterocycles. The van der Waals surface area contributed by atoms with Crippen LogP contribution in [-0.4, -0.2) is 17.1 Å². The van der Waals surface area contributed by atoms with Crippen LogP contribution in [0.1, 0.15) is 42.7 Å². The van der Waals surface area contributed by atoms with Crippen molar-refractivity contribution in [3.63, 3.8) is 0 Å². The molecule has 0 bridgehead atoms. The molecule has 1 aromatic carbocycles. The minimum Gasteiger partial charge on any atom is -0.462 e. The van der Waals surface area contributed by atoms with E-state index in [9.17, 15) is 4.79 Å². The molecule has 0 spiro atoms. The Hall–Kier alpha value is -1.29. The standard InChI is InChI=1S/C15H18BrNO2/c1-5-19-15(18)12-6-11(16)7-13-14(12)10(4)8-17(13)9(2)3/h6-9H,5H2,1-4H3. The lowest BCUT2D eigenvalue weighted by Gasteiger charge is -2.11. The average Bonchev–Trinajstić information content (AvgIpc) is 2.66. The van der Waals surface area contributed by atoms with Crippen molar-refractivity contribution < 1.29 is 9.53 Å². The number of benzene rings is 1. The van der Waals surface area contributed by atoms with Crippen LogP contribution in [0.4, 0.5) is 0 Å². The van der Waals surface area contributed by atoms with E-state index in [0.717, 1.165) is 20.9 Å². The van der Waals surface area contributed by atoms with Gasteiger partial charge in [0.05, 0.1) is 17.7 Å². The molecule has 0 aliphatic carbocycles. The largest absolute Gasteiger partial charge is 0.462 e. The predicted molar refractivity (Wildman–Crippen MR) is 80.7 cm³/mol. The molecular weight excluding hydrogens is 306 g/mol. The van der Waals surface area contributed by atoms with Gasteiger partial charge in [-0.3, -0.25) is 0 Å². The van der Waals surface area contributed by atoms with Crippen LogP contribution in [0.15, 0.2) is 22.8 Å². The Kier molecular flexibility index (Phi) is 3.99. The van der Waals surface area contributed by atoms with Gasteiger partial charge >= 0.3 is 5.97 Å². The van der Waals surface area contributed by atoms with E-state index in [2.05, 4.69) is 40.5 Å². The zero-order valence-corrected chi connectivity index (χ0v) is 13.2. The molecule has 2 aromatic rings. The fraction of sp³-hybridized carbons (Fsp3) is 0.400. The maximum atomic E-state index is 12.1. The van der Waals surface area contributed by atoms with Gasteiger partial charge in [0.25, 0.3) is 0 Å². The van der Waals surface area contributed by atoms with E-state index in [4.69, 9.17) is 4.74 Å². The zero-order valence-electron chi connectivity index (χ0n) is 11.7. The van der Waals surface area contributed by atoms with Gasteiger partial charge in [-0.15, -0.1) is 0 Å². The van der Waals surface area contributed by atoms with Crippen molar-refractivity contribution in [2.75, 3.05) is 6.61 Å². The highest BCUT2D eigenvalue weighted by Gasteiger charge is 2.18. The fourth-order valence-corrected chi connectivity index (χ4v) is 2.80. The minimum absolute atomic E-state index is 0.265. The van der Waals surface area contributed by atoms with Crippen molar-refractivity contribution in [3.8, 4) is 0 Å². The molecule has 0 atom stereocenters. The second kappa shape index (κ2) is 5.37. The first-order chi connectivity index (χ1) is 8.95. The first-order valence-corrected chi connectivity index (χ1v) is 7.22. The molecule has 0 aliphatic rings. The van der Waals surface area contributed by atoms with E-state index in [-0.39, 0.29) is 5.97 Å². The van der Waals surface area contributed by atoms with Crippen molar-refractivity contribution in [1.29, 1.82) is 0 Å². The third-order valence-corrected chi connectivity index (χ3v) is 3.60. The van der Waals surface area contributed by atoms with Crippen LogP contribution in [0.3, 0.4) is 0 Å². The van der Waals surface area contributed by atoms with Crippen molar-refractivity contribution in [2.24, 2.45) is 0 Å². The van der Waals surface area contributed by atoms with Crippen molar-refractivity contribution in [1.82, 2.24) is 4.57 Å². The number of ether oxygens (including phenoxy) is 1. The number of nitrogens with zero attached hydrogens (tertiary/aromatic N) is 1. The van der Waals surface area contributed by atoms with E-state index in [1.54, 1.807) is 0 Å². The molecule has 0 saturated carbocycles. The lowest BCUT2D eigenvalue weighted by molar-refractivity contribution is 0.0528. The van der Waals surface area contributed by atoms with Crippen LogP contribution in [-0.2, 0) is 4.74 Å². The summed E-state index contributed by atoms with van der Waals surface area (Å²) in [4.78, 5) is 12.1. The Labute approximate surface area is 121 Å². The monoisotopic (exact) mass is 323 g/mol. The third kappa shape index (κ3) is 2.54. The van der Waals surface area contributed by atoms with Gasteiger partial charge in [-0.1, -0.05) is 15.9 Å². The van der Waals surface area contributed by atoms with Gasteiger partial charge < -0.3 is 9.30 Å². The first kappa shape index (κ1) is 14.1. The molecule has 0 amide bonds. The van der Waals surface area contributed by atoms with E-state index in [1.807, 2.05) is 26.0 Å². The highest BCUT2D eigenvalue weighted by molar-refractivity contribution is 9.10. The molecular formula is C15H18BrNO2. The molecule has 4 heteroatoms. The quantitative estimate of drug-likeness (QED) is 0.780. The molecule has 3 nitrogen and oxygen atoms in total. The molecule has 102 valence electrons. The smallest absolute Gasteiger partial charge is 0.338 e. The first-order valence-electron chi connectivity index (χ1n) is 6.43. The maximum Gasteiger partial charge on any atom is 0.338 e. The van der Waals surface area contributed by atoms with Gasteiger partial charge in [0.15, 0.2) is 0 Å². The molecule has 1 heterocycles. The van der Waals surface area contributed by atoms with E-state index in [1.165, 1.54) is 0 Å². The molecule has 0 N–H and O–H groups in total. The number of fused-ring (bicyclic) bond motifs is 1. The van der Waals surface area contributed by atoms with Crippen LogP contribution < -0.4 is 0 Å². The van der Waals surface area contributed by atoms with Crippen LogP contribution >= 0.6 is 15.9 Å². The van der Waals surface area contributed by atoms with Crippen LogP contribution in [0, 0.1) is 6.92 Å². The Morgan fingerprint density at radius 3 is 2.68 bits per heavy atom. The van der Waals surface area contributed by atoms with Gasteiger partial charge in [-0.25, -0.2) is 4.79 Å². The highest BCUT2D eigenvalue weighted by atomic mass is 79.9. The summed E-state index contributed by atoms with van der Waals surface area (Å²) in [6.07, 6.45) is 2.09. The van der Waals surface area contributed by atoms with E-state index in [0.29, 0.717) is 18.2 Å². The van der Waals surface area contributed by atoms with Gasteiger partial charge in [-0.05, 0) is 45.4 Å². The summed E-state index contributed by atoms with van der Waals surface area (Å²) in [5, 5.41) is 0.982. The normalized spacial score (nSPS) is 11.3. The Morgan fingerprint density at radius 2 is 2.11 bits per heavy atom. The Bertz CT molecular complexity index is 629. The van der Waals surface area contributed by atoms with Crippen molar-refractivity contribution >= 4 is 32.8 Å². The number of esters is 1. The SMILES string of the molecule is CCOC(=O)c1cc(Br)cc2c1c(C)cn2C(C)C. The molecule has 1 aromatic heterocycles. The summed E-state index contributed by atoms with van der Waals surface area (Å²) in [6, 6.07) is 4.23. The highest BCUT2D eigenvalue weighted by Crippen LogP contribution is 2.31. The zero-order chi connectivity index (χ0) is 14.2. The number of halogens is 1. The summed E-state index contributed by atoms with van der Waals surface area (Å²) < 4.78 is 8.22. The number of hydrogen-bond donors (Lipinski definition) is 0. The van der Waals surface area contributed by atoms with Gasteiger partial charge in [0.1, 0.15) is 0 Å². The molecule has 0 radical (unpaired) electrons. The van der Waals surface area contributed by atoms with E-state index >= 15 is 0 Å². The summed E-state index contributed by atoms with van der Waals surface area (Å²) >= 11 is 3.47. The number of carbonyl (C=O) groups excluding carboxylic acids is 1. The number of carbonyl (C=O) groups is 1. The molecule has 0 unspecified atom stereocenters. The minimum atomic E-state index is -0.265. The lowest BCUT2D eigenvalue weighted by atomic mass is 10.1. The Balaban J connectivity index is 2.74. The number of aryl methyl sites for hydroxylation is 1. The van der Waals surface area contributed by atoms with Gasteiger partial charge in [-0.2, -0.15) is 0 Å². The number of hydrogen-bond acceptors (Lipinski definition) is 2. The van der Waals surface area contributed by atoms with Crippen LogP contribution in [0.25, 0.3) is 10.9 Å². The second-order valence-electron chi connectivity index (χ2n) is 4.88. The Morgan fingerprint density at radius 1 is 1.42 bits per heavy atom. The molecule has 2 rings (SSSR count). The molecule has 0 aliphatic heterocycles. The second-order valence-corrected chi connectivity index (χ2v) is 5.80. The van der Waals surface area contributed by atoms with Crippen LogP contribution in [0.2, 0.25) is 0 Å². The summed E-state index contributed by atoms with van der Waals surface area (Å²) in [7, 11) is 0. The van der Waals surface area contributed by atoms with Crippen LogP contribution in [0.5, 0.6) is 0 Å². The number of aromatic nitrogens is 1. The van der Waals surface area contributed by atoms with Gasteiger partial charge in [0, 0.05) is 22.1 Å². The fourth-order valence-electron chi connectivity index (χ4n) is 2.35. The summed E-state index contributed by atoms with van der Waals surface area (Å²) in [5.41, 5.74) is 2.78. The molecule has 19 heavy (non-hydrogen) atoms. The molecule has 0 fully saturated rings. The number of rotatable bonds is 3. The van der Waals surface area contributed by atoms with Crippen molar-refractivity contribution in [3.05, 3.63) is 33.9 Å². The van der Waals surface area contributed by atoms with E-state index < -0.39 is 0 Å². The average molecular weight is 324 g/mol. The van der Waals surface area contributed by atoms with Crippen molar-refractivity contribution in [2.45, 2.75) is 33.7 Å².